The van der Waals surface area contributed by atoms with Gasteiger partial charge in [0.1, 0.15) is 0 Å². The van der Waals surface area contributed by atoms with Gasteiger partial charge < -0.3 is 4.90 Å². The molecule has 2 radical (unpaired) electrons. The maximum absolute atomic E-state index is 11.0. The minimum Gasteiger partial charge on any atom is -0.312 e. The maximum Gasteiger partial charge on any atom is 0.154 e. The minimum absolute atomic E-state index is 0.0433. The second-order valence-corrected chi connectivity index (χ2v) is 3.91. The number of carbonyl (C=O) groups is 1. The first-order valence-corrected chi connectivity index (χ1v) is 4.95. The highest BCUT2D eigenvalue weighted by Gasteiger charge is 2.00. The molecule has 0 aromatic heterocycles. The summed E-state index contributed by atoms with van der Waals surface area (Å²) in [4.78, 5) is 13.0. The Hall–Kier alpha value is -0.795. The zero-order valence-electron chi connectivity index (χ0n) is 9.33. The molecule has 0 fully saturated rings. The molecule has 0 N–H and O–H groups in total. The Balaban J connectivity index is 0.000000423. The lowest BCUT2D eigenvalue weighted by Gasteiger charge is -1.95. The van der Waals surface area contributed by atoms with Gasteiger partial charge in [0.25, 0.3) is 0 Å². The van der Waals surface area contributed by atoms with E-state index in [0.717, 1.165) is 0 Å². The van der Waals surface area contributed by atoms with E-state index < -0.39 is 0 Å². The highest BCUT2D eigenvalue weighted by atomic mass is 35.5. The number of hydrogen-bond acceptors (Lipinski definition) is 2. The molecule has 1 aromatic rings. The van der Waals surface area contributed by atoms with E-state index in [1.165, 1.54) is 0 Å². The van der Waals surface area contributed by atoms with Gasteiger partial charge in [-0.15, -0.1) is 0 Å². The van der Waals surface area contributed by atoms with Gasteiger partial charge in [-0.05, 0) is 51.7 Å². The molecule has 0 saturated heterocycles. The molecule has 0 spiro atoms. The van der Waals surface area contributed by atoms with Gasteiger partial charge in [-0.25, -0.2) is 0 Å². The molecule has 4 heteroatoms. The normalized spacial score (nSPS) is 9.40. The second kappa shape index (κ2) is 7.49. The van der Waals surface area contributed by atoms with Crippen LogP contribution in [-0.2, 0) is 0 Å². The van der Waals surface area contributed by atoms with E-state index in [1.807, 2.05) is 26.0 Å². The predicted molar refractivity (Wildman–Crippen MR) is 66.0 cm³/mol. The number of halogens is 1. The van der Waals surface area contributed by atoms with Crippen molar-refractivity contribution in [2.24, 2.45) is 0 Å². The third-order valence-electron chi connectivity index (χ3n) is 1.35. The fourth-order valence-electron chi connectivity index (χ4n) is 0.754. The Morgan fingerprint density at radius 3 is 2.00 bits per heavy atom. The Morgan fingerprint density at radius 2 is 1.67 bits per heavy atom. The molecule has 80 valence electrons. The Kier molecular flexibility index (Phi) is 7.09. The Morgan fingerprint density at radius 1 is 1.27 bits per heavy atom. The summed E-state index contributed by atoms with van der Waals surface area (Å²) in [6.45, 7) is 0. The van der Waals surface area contributed by atoms with Gasteiger partial charge in [-0.1, -0.05) is 11.6 Å². The van der Waals surface area contributed by atoms with Crippen molar-refractivity contribution in [3.05, 3.63) is 34.9 Å². The topological polar surface area (TPSA) is 20.3 Å². The summed E-state index contributed by atoms with van der Waals surface area (Å²) in [5, 5.41) is 0.624. The van der Waals surface area contributed by atoms with E-state index in [4.69, 9.17) is 19.4 Å². The molecule has 0 saturated carbocycles. The summed E-state index contributed by atoms with van der Waals surface area (Å²) in [7, 11) is 11.2. The molecule has 0 bridgehead atoms. The molecular formula is C11H15BClNO. The summed E-state index contributed by atoms with van der Waals surface area (Å²) >= 11 is 5.62. The Labute approximate surface area is 97.6 Å². The SMILES string of the molecule is CN(C)C.[B]CC(=O)c1ccc(Cl)cc1. The van der Waals surface area contributed by atoms with Crippen molar-refractivity contribution >= 4 is 25.2 Å². The van der Waals surface area contributed by atoms with Gasteiger partial charge in [0.05, 0.1) is 7.85 Å². The molecular weight excluding hydrogens is 208 g/mol. The van der Waals surface area contributed by atoms with E-state index in [-0.39, 0.29) is 12.1 Å². The Bertz CT molecular complexity index is 295. The van der Waals surface area contributed by atoms with Crippen LogP contribution in [0.4, 0.5) is 0 Å². The lowest BCUT2D eigenvalue weighted by atomic mass is 9.96. The smallest absolute Gasteiger partial charge is 0.154 e. The van der Waals surface area contributed by atoms with Crippen LogP contribution in [0.15, 0.2) is 24.3 Å². The quantitative estimate of drug-likeness (QED) is 0.566. The van der Waals surface area contributed by atoms with Gasteiger partial charge >= 0.3 is 0 Å². The minimum atomic E-state index is -0.0679. The van der Waals surface area contributed by atoms with Crippen molar-refractivity contribution < 1.29 is 4.79 Å². The number of Topliss-reactive ketones (excluding diaryl/α,β-unsaturated/α-hetero) is 1. The number of nitrogens with zero attached hydrogens (tertiary/aromatic N) is 1. The zero-order chi connectivity index (χ0) is 11.8. The number of ketones is 1. The first-order valence-electron chi connectivity index (χ1n) is 4.57. The number of rotatable bonds is 2. The van der Waals surface area contributed by atoms with Crippen molar-refractivity contribution in [2.45, 2.75) is 6.32 Å². The lowest BCUT2D eigenvalue weighted by molar-refractivity contribution is 0.101. The summed E-state index contributed by atoms with van der Waals surface area (Å²) in [6, 6.07) is 6.67. The van der Waals surface area contributed by atoms with Crippen LogP contribution < -0.4 is 0 Å². The van der Waals surface area contributed by atoms with E-state index in [1.54, 1.807) is 24.3 Å². The van der Waals surface area contributed by atoms with Crippen molar-refractivity contribution in [1.29, 1.82) is 0 Å². The zero-order valence-corrected chi connectivity index (χ0v) is 10.1. The van der Waals surface area contributed by atoms with Crippen LogP contribution in [0.25, 0.3) is 0 Å². The molecule has 0 aliphatic rings. The van der Waals surface area contributed by atoms with Crippen LogP contribution in [0.3, 0.4) is 0 Å². The second-order valence-electron chi connectivity index (χ2n) is 3.48. The molecule has 1 aromatic carbocycles. The van der Waals surface area contributed by atoms with E-state index in [9.17, 15) is 4.79 Å². The van der Waals surface area contributed by atoms with Crippen LogP contribution in [0.2, 0.25) is 11.3 Å². The average Bonchev–Trinajstić information content (AvgIpc) is 2.17. The fraction of sp³-hybridized carbons (Fsp3) is 0.364. The van der Waals surface area contributed by atoms with Crippen molar-refractivity contribution in [3.8, 4) is 0 Å². The molecule has 15 heavy (non-hydrogen) atoms. The van der Waals surface area contributed by atoms with Crippen molar-refractivity contribution in [1.82, 2.24) is 4.90 Å². The van der Waals surface area contributed by atoms with Gasteiger partial charge in [-0.2, -0.15) is 0 Å². The number of hydrogen-bond donors (Lipinski definition) is 0. The van der Waals surface area contributed by atoms with Crippen LogP contribution in [-0.4, -0.2) is 39.7 Å². The highest BCUT2D eigenvalue weighted by Crippen LogP contribution is 2.10. The molecule has 0 amide bonds. The largest absolute Gasteiger partial charge is 0.312 e. The van der Waals surface area contributed by atoms with E-state index in [0.29, 0.717) is 10.6 Å². The third kappa shape index (κ3) is 7.17. The number of carbonyl (C=O) groups excluding carboxylic acids is 1. The van der Waals surface area contributed by atoms with Crippen LogP contribution in [0.1, 0.15) is 10.4 Å². The predicted octanol–water partition coefficient (Wildman–Crippen LogP) is 2.29. The third-order valence-corrected chi connectivity index (χ3v) is 1.60. The summed E-state index contributed by atoms with van der Waals surface area (Å²) in [5.74, 6) is -0.0679. The lowest BCUT2D eigenvalue weighted by Crippen LogP contribution is -1.99. The molecule has 0 unspecified atom stereocenters. The molecule has 1 rings (SSSR count). The standard InChI is InChI=1S/C8H6BClO.C3H9N/c9-5-8(11)6-1-3-7(10)4-2-6;1-4(2)3/h1-4H,5H2;1-3H3. The van der Waals surface area contributed by atoms with Crippen LogP contribution >= 0.6 is 11.6 Å². The van der Waals surface area contributed by atoms with E-state index in [2.05, 4.69) is 0 Å². The van der Waals surface area contributed by atoms with Gasteiger partial charge in [0.2, 0.25) is 0 Å². The summed E-state index contributed by atoms with van der Waals surface area (Å²) in [6.07, 6.45) is 0.0433. The average molecular weight is 224 g/mol. The molecule has 0 heterocycles. The monoisotopic (exact) mass is 223 g/mol. The highest BCUT2D eigenvalue weighted by molar-refractivity contribution is 6.30. The molecule has 0 aliphatic heterocycles. The molecule has 0 aliphatic carbocycles. The van der Waals surface area contributed by atoms with Gasteiger partial charge in [0.15, 0.2) is 5.78 Å². The van der Waals surface area contributed by atoms with E-state index >= 15 is 0 Å². The summed E-state index contributed by atoms with van der Waals surface area (Å²) in [5.41, 5.74) is 0.608. The van der Waals surface area contributed by atoms with Gasteiger partial charge in [-0.3, -0.25) is 4.79 Å². The van der Waals surface area contributed by atoms with Crippen molar-refractivity contribution in [2.75, 3.05) is 21.1 Å². The molecule has 0 atom stereocenters. The first-order chi connectivity index (χ1) is 6.97. The van der Waals surface area contributed by atoms with Gasteiger partial charge in [0, 0.05) is 10.6 Å². The first kappa shape index (κ1) is 14.2. The molecule has 2 nitrogen and oxygen atoms in total. The number of benzene rings is 1. The van der Waals surface area contributed by atoms with Crippen LogP contribution in [0, 0.1) is 0 Å². The summed E-state index contributed by atoms with van der Waals surface area (Å²) < 4.78 is 0. The van der Waals surface area contributed by atoms with Crippen LogP contribution in [0.5, 0.6) is 0 Å². The fourth-order valence-corrected chi connectivity index (χ4v) is 0.880. The van der Waals surface area contributed by atoms with Crippen molar-refractivity contribution in [3.63, 3.8) is 0 Å². The maximum atomic E-state index is 11.0.